The molecule has 25 heavy (non-hydrogen) atoms. The van der Waals surface area contributed by atoms with Crippen molar-refractivity contribution in [3.8, 4) is 5.75 Å². The maximum Gasteiger partial charge on any atom is 0.251 e. The van der Waals surface area contributed by atoms with E-state index in [0.29, 0.717) is 30.8 Å². The zero-order valence-corrected chi connectivity index (χ0v) is 14.2. The molecule has 5 heteroatoms. The highest BCUT2D eigenvalue weighted by atomic mass is 16.5. The number of carbonyl (C=O) groups excluding carboxylic acids is 2. The number of carbonyl (C=O) groups is 2. The van der Waals surface area contributed by atoms with E-state index in [9.17, 15) is 9.59 Å². The Morgan fingerprint density at radius 2 is 2.00 bits per heavy atom. The lowest BCUT2D eigenvalue weighted by molar-refractivity contribution is -0.116. The van der Waals surface area contributed by atoms with Crippen LogP contribution in [0.25, 0.3) is 0 Å². The van der Waals surface area contributed by atoms with Crippen LogP contribution >= 0.6 is 0 Å². The fraction of sp³-hybridized carbons (Fsp3) is 0.300. The molecule has 0 aliphatic carbocycles. The van der Waals surface area contributed by atoms with Gasteiger partial charge in [-0.3, -0.25) is 9.59 Å². The standard InChI is InChI=1S/C20H22N2O3/c1-2-21-20(24)15-6-5-7-16(12-15)22-19(23)13-14-10-11-25-18-9-4-3-8-17(14)18/h3-9,12,14H,2,10-11,13H2,1H3,(H,21,24)(H,22,23)/t14-/m1/s1. The Kier molecular flexibility index (Phi) is 5.33. The zero-order valence-electron chi connectivity index (χ0n) is 14.2. The van der Waals surface area contributed by atoms with E-state index in [0.717, 1.165) is 17.7 Å². The Morgan fingerprint density at radius 1 is 1.16 bits per heavy atom. The number of hydrogen-bond acceptors (Lipinski definition) is 3. The summed E-state index contributed by atoms with van der Waals surface area (Å²) in [5.74, 6) is 0.813. The van der Waals surface area contributed by atoms with Gasteiger partial charge in [0.15, 0.2) is 0 Å². The molecule has 0 bridgehead atoms. The summed E-state index contributed by atoms with van der Waals surface area (Å²) in [6.45, 7) is 3.06. The number of benzene rings is 2. The second-order valence-electron chi connectivity index (χ2n) is 6.06. The summed E-state index contributed by atoms with van der Waals surface area (Å²) in [6, 6.07) is 14.8. The highest BCUT2D eigenvalue weighted by Gasteiger charge is 2.23. The molecule has 2 aromatic rings. The maximum atomic E-state index is 12.4. The summed E-state index contributed by atoms with van der Waals surface area (Å²) in [4.78, 5) is 24.3. The predicted octanol–water partition coefficient (Wildman–Crippen LogP) is 3.33. The summed E-state index contributed by atoms with van der Waals surface area (Å²) in [5, 5.41) is 5.65. The minimum absolute atomic E-state index is 0.0604. The molecule has 2 N–H and O–H groups in total. The molecule has 3 rings (SSSR count). The van der Waals surface area contributed by atoms with E-state index in [4.69, 9.17) is 4.74 Å². The van der Waals surface area contributed by atoms with Gasteiger partial charge >= 0.3 is 0 Å². The number of ether oxygens (including phenoxy) is 1. The van der Waals surface area contributed by atoms with E-state index < -0.39 is 0 Å². The van der Waals surface area contributed by atoms with Gasteiger partial charge in [0, 0.05) is 24.2 Å². The van der Waals surface area contributed by atoms with Crippen LogP contribution in [0, 0.1) is 0 Å². The SMILES string of the molecule is CCNC(=O)c1cccc(NC(=O)C[C@H]2CCOc3ccccc32)c1. The predicted molar refractivity (Wildman–Crippen MR) is 97.0 cm³/mol. The first-order valence-electron chi connectivity index (χ1n) is 8.57. The lowest BCUT2D eigenvalue weighted by atomic mass is 9.90. The van der Waals surface area contributed by atoms with Crippen molar-refractivity contribution in [2.75, 3.05) is 18.5 Å². The molecule has 2 amide bonds. The molecule has 0 unspecified atom stereocenters. The number of nitrogens with one attached hydrogen (secondary N) is 2. The highest BCUT2D eigenvalue weighted by Crippen LogP contribution is 2.35. The van der Waals surface area contributed by atoms with Crippen LogP contribution in [0.4, 0.5) is 5.69 Å². The highest BCUT2D eigenvalue weighted by molar-refractivity contribution is 5.97. The number of fused-ring (bicyclic) bond motifs is 1. The second kappa shape index (κ2) is 7.83. The van der Waals surface area contributed by atoms with Crippen LogP contribution in [0.1, 0.15) is 41.6 Å². The Hall–Kier alpha value is -2.82. The molecule has 0 aromatic heterocycles. The van der Waals surface area contributed by atoms with E-state index >= 15 is 0 Å². The van der Waals surface area contributed by atoms with Crippen LogP contribution in [-0.2, 0) is 4.79 Å². The number of rotatable bonds is 5. The van der Waals surface area contributed by atoms with Crippen molar-refractivity contribution in [3.63, 3.8) is 0 Å². The molecule has 0 saturated carbocycles. The smallest absolute Gasteiger partial charge is 0.251 e. The molecule has 2 aromatic carbocycles. The first-order chi connectivity index (χ1) is 12.2. The number of hydrogen-bond donors (Lipinski definition) is 2. The van der Waals surface area contributed by atoms with E-state index in [-0.39, 0.29) is 17.7 Å². The molecular weight excluding hydrogens is 316 g/mol. The minimum atomic E-state index is -0.142. The van der Waals surface area contributed by atoms with E-state index in [1.807, 2.05) is 31.2 Å². The molecular formula is C20H22N2O3. The van der Waals surface area contributed by atoms with E-state index in [2.05, 4.69) is 10.6 Å². The summed E-state index contributed by atoms with van der Waals surface area (Å²) >= 11 is 0. The van der Waals surface area contributed by atoms with Crippen LogP contribution in [0.5, 0.6) is 5.75 Å². The van der Waals surface area contributed by atoms with Gasteiger partial charge in [0.1, 0.15) is 5.75 Å². The average Bonchev–Trinajstić information content (AvgIpc) is 2.62. The summed E-state index contributed by atoms with van der Waals surface area (Å²) in [6.07, 6.45) is 1.22. The molecule has 130 valence electrons. The Balaban J connectivity index is 1.66. The van der Waals surface area contributed by atoms with Crippen molar-refractivity contribution in [1.82, 2.24) is 5.32 Å². The van der Waals surface area contributed by atoms with Gasteiger partial charge in [-0.15, -0.1) is 0 Å². The molecule has 0 fully saturated rings. The van der Waals surface area contributed by atoms with Crippen LogP contribution in [0.15, 0.2) is 48.5 Å². The van der Waals surface area contributed by atoms with Crippen molar-refractivity contribution < 1.29 is 14.3 Å². The van der Waals surface area contributed by atoms with Gasteiger partial charge in [0.05, 0.1) is 6.61 Å². The molecule has 1 aliphatic rings. The Morgan fingerprint density at radius 3 is 2.84 bits per heavy atom. The van der Waals surface area contributed by atoms with E-state index in [1.165, 1.54) is 0 Å². The third-order valence-electron chi connectivity index (χ3n) is 4.26. The third kappa shape index (κ3) is 4.18. The van der Waals surface area contributed by atoms with Gasteiger partial charge < -0.3 is 15.4 Å². The van der Waals surface area contributed by atoms with Crippen LogP contribution in [-0.4, -0.2) is 25.0 Å². The summed E-state index contributed by atoms with van der Waals surface area (Å²) in [5.41, 5.74) is 2.25. The van der Waals surface area contributed by atoms with Gasteiger partial charge in [0.2, 0.25) is 5.91 Å². The molecule has 1 atom stereocenters. The monoisotopic (exact) mass is 338 g/mol. The minimum Gasteiger partial charge on any atom is -0.493 e. The van der Waals surface area contributed by atoms with E-state index in [1.54, 1.807) is 24.3 Å². The molecule has 0 spiro atoms. The number of anilines is 1. The van der Waals surface area contributed by atoms with Crippen molar-refractivity contribution >= 4 is 17.5 Å². The molecule has 1 aliphatic heterocycles. The fourth-order valence-corrected chi connectivity index (χ4v) is 3.06. The Bertz CT molecular complexity index is 773. The van der Waals surface area contributed by atoms with Crippen molar-refractivity contribution in [3.05, 3.63) is 59.7 Å². The first-order valence-corrected chi connectivity index (χ1v) is 8.57. The largest absolute Gasteiger partial charge is 0.493 e. The fourth-order valence-electron chi connectivity index (χ4n) is 3.06. The number of para-hydroxylation sites is 1. The van der Waals surface area contributed by atoms with Crippen LogP contribution in [0.3, 0.4) is 0 Å². The lowest BCUT2D eigenvalue weighted by Gasteiger charge is -2.25. The quantitative estimate of drug-likeness (QED) is 0.879. The molecule has 5 nitrogen and oxygen atoms in total. The van der Waals surface area contributed by atoms with Crippen molar-refractivity contribution in [2.45, 2.75) is 25.7 Å². The van der Waals surface area contributed by atoms with Gasteiger partial charge in [-0.25, -0.2) is 0 Å². The van der Waals surface area contributed by atoms with Crippen molar-refractivity contribution in [1.29, 1.82) is 0 Å². The number of amides is 2. The lowest BCUT2D eigenvalue weighted by Crippen LogP contribution is -2.23. The normalized spacial score (nSPS) is 15.6. The summed E-state index contributed by atoms with van der Waals surface area (Å²) < 4.78 is 5.64. The maximum absolute atomic E-state index is 12.4. The van der Waals surface area contributed by atoms with Gasteiger partial charge in [0.25, 0.3) is 5.91 Å². The molecule has 0 radical (unpaired) electrons. The molecule has 1 heterocycles. The second-order valence-corrected chi connectivity index (χ2v) is 6.06. The summed E-state index contributed by atoms with van der Waals surface area (Å²) in [7, 11) is 0. The first kappa shape index (κ1) is 17.0. The third-order valence-corrected chi connectivity index (χ3v) is 4.26. The molecule has 0 saturated heterocycles. The van der Waals surface area contributed by atoms with Crippen LogP contribution < -0.4 is 15.4 Å². The average molecular weight is 338 g/mol. The zero-order chi connectivity index (χ0) is 17.6. The van der Waals surface area contributed by atoms with Crippen LogP contribution in [0.2, 0.25) is 0 Å². The topological polar surface area (TPSA) is 67.4 Å². The Labute approximate surface area is 147 Å². The van der Waals surface area contributed by atoms with Crippen molar-refractivity contribution in [2.24, 2.45) is 0 Å². The van der Waals surface area contributed by atoms with Gasteiger partial charge in [-0.1, -0.05) is 24.3 Å². The van der Waals surface area contributed by atoms with Gasteiger partial charge in [-0.2, -0.15) is 0 Å². The van der Waals surface area contributed by atoms with Gasteiger partial charge in [-0.05, 0) is 49.1 Å².